The van der Waals surface area contributed by atoms with E-state index in [0.29, 0.717) is 17.3 Å². The van der Waals surface area contributed by atoms with Gasteiger partial charge in [-0.1, -0.05) is 93.8 Å². The topological polar surface area (TPSA) is 40.5 Å². The second-order valence-electron chi connectivity index (χ2n) is 11.3. The van der Waals surface area contributed by atoms with E-state index in [0.717, 1.165) is 38.5 Å². The molecule has 0 heterocycles. The van der Waals surface area contributed by atoms with Crippen molar-refractivity contribution in [2.24, 2.45) is 17.3 Å². The molecule has 2 heteroatoms. The van der Waals surface area contributed by atoms with Gasteiger partial charge in [-0.3, -0.25) is 0 Å². The van der Waals surface area contributed by atoms with E-state index in [2.05, 4.69) is 74.5 Å². The first-order valence-corrected chi connectivity index (χ1v) is 14.0. The number of hydrogen-bond acceptors (Lipinski definition) is 2. The molecule has 2 N–H and O–H groups in total. The number of aliphatic hydroxyl groups excluding tert-OH is 2. The van der Waals surface area contributed by atoms with Crippen molar-refractivity contribution in [3.05, 3.63) is 71.8 Å². The molecule has 0 spiro atoms. The Balaban J connectivity index is 1.65. The van der Waals surface area contributed by atoms with Crippen molar-refractivity contribution in [3.8, 4) is 0 Å². The molecule has 2 aromatic carbocycles. The highest BCUT2D eigenvalue weighted by Gasteiger charge is 2.49. The highest BCUT2D eigenvalue weighted by atomic mass is 16.3. The van der Waals surface area contributed by atoms with Crippen LogP contribution in [0.3, 0.4) is 0 Å². The Bertz CT molecular complexity index is 784. The van der Waals surface area contributed by atoms with E-state index in [1.54, 1.807) is 0 Å². The van der Waals surface area contributed by atoms with Gasteiger partial charge >= 0.3 is 0 Å². The zero-order chi connectivity index (χ0) is 24.0. The summed E-state index contributed by atoms with van der Waals surface area (Å²) >= 11 is 0. The fourth-order valence-corrected chi connectivity index (χ4v) is 7.72. The highest BCUT2D eigenvalue weighted by molar-refractivity contribution is 5.24. The first-order chi connectivity index (χ1) is 16.6. The van der Waals surface area contributed by atoms with Crippen LogP contribution in [-0.4, -0.2) is 22.4 Å². The van der Waals surface area contributed by atoms with Crippen LogP contribution >= 0.6 is 0 Å². The third-order valence-corrected chi connectivity index (χ3v) is 9.42. The molecule has 6 unspecified atom stereocenters. The summed E-state index contributed by atoms with van der Waals surface area (Å²) in [5, 5.41) is 22.0. The largest absolute Gasteiger partial charge is 0.392 e. The van der Waals surface area contributed by atoms with E-state index in [1.165, 1.54) is 43.2 Å². The standard InChI is InChI=1S/C32H46O2/c1-3-5-21-32(20-4-2,26-16-18-30(33)28(22-26)24-12-8-6-9-13-24)27-17-19-31(34)29(23-27)25-14-10-7-11-15-25/h6-15,26-31,33-34H,3-5,16-23H2,1-2H3. The molecule has 0 radical (unpaired) electrons. The van der Waals surface area contributed by atoms with Crippen LogP contribution in [-0.2, 0) is 0 Å². The zero-order valence-electron chi connectivity index (χ0n) is 21.4. The Morgan fingerprint density at radius 1 is 0.647 bits per heavy atom. The van der Waals surface area contributed by atoms with Gasteiger partial charge in [0.15, 0.2) is 0 Å². The minimum absolute atomic E-state index is 0.227. The quantitative estimate of drug-likeness (QED) is 0.398. The maximum absolute atomic E-state index is 11.0. The molecule has 4 rings (SSSR count). The average molecular weight is 463 g/mol. The minimum Gasteiger partial charge on any atom is -0.392 e. The lowest BCUT2D eigenvalue weighted by Crippen LogP contribution is -2.45. The first kappa shape index (κ1) is 25.5. The second-order valence-corrected chi connectivity index (χ2v) is 11.3. The van der Waals surface area contributed by atoms with Crippen LogP contribution < -0.4 is 0 Å². The van der Waals surface area contributed by atoms with Gasteiger partial charge in [0.05, 0.1) is 12.2 Å². The Labute approximate surface area is 207 Å². The van der Waals surface area contributed by atoms with E-state index < -0.39 is 0 Å². The van der Waals surface area contributed by atoms with Crippen molar-refractivity contribution in [2.75, 3.05) is 0 Å². The molecule has 34 heavy (non-hydrogen) atoms. The normalized spacial score (nSPS) is 31.6. The average Bonchev–Trinajstić information content (AvgIpc) is 2.88. The molecule has 2 aliphatic rings. The van der Waals surface area contributed by atoms with Gasteiger partial charge in [0.1, 0.15) is 0 Å². The molecule has 2 aliphatic carbocycles. The van der Waals surface area contributed by atoms with E-state index in [4.69, 9.17) is 0 Å². The molecule has 0 amide bonds. The van der Waals surface area contributed by atoms with Gasteiger partial charge in [-0.05, 0) is 79.7 Å². The van der Waals surface area contributed by atoms with Crippen molar-refractivity contribution in [1.82, 2.24) is 0 Å². The fourth-order valence-electron chi connectivity index (χ4n) is 7.72. The summed E-state index contributed by atoms with van der Waals surface area (Å²) < 4.78 is 0. The maximum Gasteiger partial charge on any atom is 0.0608 e. The molecule has 0 aromatic heterocycles. The third kappa shape index (κ3) is 5.44. The van der Waals surface area contributed by atoms with Crippen molar-refractivity contribution in [3.63, 3.8) is 0 Å². The van der Waals surface area contributed by atoms with E-state index >= 15 is 0 Å². The molecule has 2 fully saturated rings. The lowest BCUT2D eigenvalue weighted by Gasteiger charge is -2.53. The van der Waals surface area contributed by atoms with Gasteiger partial charge in [-0.25, -0.2) is 0 Å². The zero-order valence-corrected chi connectivity index (χ0v) is 21.4. The summed E-state index contributed by atoms with van der Waals surface area (Å²) in [7, 11) is 0. The molecular formula is C32H46O2. The minimum atomic E-state index is -0.227. The van der Waals surface area contributed by atoms with Crippen LogP contribution in [0.1, 0.15) is 107 Å². The van der Waals surface area contributed by atoms with Crippen LogP contribution in [0, 0.1) is 17.3 Å². The number of unbranched alkanes of at least 4 members (excludes halogenated alkanes) is 1. The number of hydrogen-bond donors (Lipinski definition) is 2. The lowest BCUT2D eigenvalue weighted by atomic mass is 9.52. The number of aliphatic hydroxyl groups is 2. The highest BCUT2D eigenvalue weighted by Crippen LogP contribution is 2.57. The SMILES string of the molecule is CCCCC(CCC)(C1CCC(O)C(c2ccccc2)C1)C1CCC(O)C(c2ccccc2)C1. The van der Waals surface area contributed by atoms with Gasteiger partial charge in [0.2, 0.25) is 0 Å². The summed E-state index contributed by atoms with van der Waals surface area (Å²) in [4.78, 5) is 0. The van der Waals surface area contributed by atoms with Gasteiger partial charge in [-0.2, -0.15) is 0 Å². The van der Waals surface area contributed by atoms with Crippen LogP contribution in [0.5, 0.6) is 0 Å². The molecule has 0 bridgehead atoms. The summed E-state index contributed by atoms with van der Waals surface area (Å²) in [5.41, 5.74) is 2.93. The first-order valence-electron chi connectivity index (χ1n) is 14.0. The molecule has 6 atom stereocenters. The van der Waals surface area contributed by atoms with Crippen molar-refractivity contribution < 1.29 is 10.2 Å². The van der Waals surface area contributed by atoms with Crippen LogP contribution in [0.4, 0.5) is 0 Å². The van der Waals surface area contributed by atoms with Crippen LogP contribution in [0.25, 0.3) is 0 Å². The van der Waals surface area contributed by atoms with E-state index in [-0.39, 0.29) is 24.0 Å². The molecule has 2 aromatic rings. The van der Waals surface area contributed by atoms with Gasteiger partial charge in [-0.15, -0.1) is 0 Å². The molecule has 0 saturated heterocycles. The van der Waals surface area contributed by atoms with Crippen molar-refractivity contribution in [1.29, 1.82) is 0 Å². The molecule has 2 saturated carbocycles. The van der Waals surface area contributed by atoms with Gasteiger partial charge in [0, 0.05) is 11.8 Å². The van der Waals surface area contributed by atoms with Crippen LogP contribution in [0.15, 0.2) is 60.7 Å². The van der Waals surface area contributed by atoms with Crippen molar-refractivity contribution >= 4 is 0 Å². The molecular weight excluding hydrogens is 416 g/mol. The smallest absolute Gasteiger partial charge is 0.0608 e. The Hall–Kier alpha value is -1.64. The summed E-state index contributed by atoms with van der Waals surface area (Å²) in [6.45, 7) is 4.69. The van der Waals surface area contributed by atoms with E-state index in [1.807, 2.05) is 0 Å². The molecule has 2 nitrogen and oxygen atoms in total. The van der Waals surface area contributed by atoms with Crippen LogP contribution in [0.2, 0.25) is 0 Å². The molecule has 186 valence electrons. The van der Waals surface area contributed by atoms with E-state index in [9.17, 15) is 10.2 Å². The monoisotopic (exact) mass is 462 g/mol. The van der Waals surface area contributed by atoms with Gasteiger partial charge in [0.25, 0.3) is 0 Å². The summed E-state index contributed by atoms with van der Waals surface area (Å²) in [6.07, 6.45) is 12.2. The lowest BCUT2D eigenvalue weighted by molar-refractivity contribution is -0.0466. The third-order valence-electron chi connectivity index (χ3n) is 9.42. The Kier molecular flexibility index (Phi) is 8.88. The Morgan fingerprint density at radius 3 is 1.53 bits per heavy atom. The number of benzene rings is 2. The van der Waals surface area contributed by atoms with Gasteiger partial charge < -0.3 is 10.2 Å². The Morgan fingerprint density at radius 2 is 1.12 bits per heavy atom. The summed E-state index contributed by atoms with van der Waals surface area (Å²) in [6, 6.07) is 21.5. The fraction of sp³-hybridized carbons (Fsp3) is 0.625. The maximum atomic E-state index is 11.0. The summed E-state index contributed by atoms with van der Waals surface area (Å²) in [5.74, 6) is 1.78. The second kappa shape index (κ2) is 11.9. The van der Waals surface area contributed by atoms with Crippen molar-refractivity contribution in [2.45, 2.75) is 109 Å². The number of rotatable bonds is 9. The molecule has 0 aliphatic heterocycles. The predicted octanol–water partition coefficient (Wildman–Crippen LogP) is 7.85. The predicted molar refractivity (Wildman–Crippen MR) is 142 cm³/mol.